The summed E-state index contributed by atoms with van der Waals surface area (Å²) in [5, 5.41) is 16.7. The van der Waals surface area contributed by atoms with Crippen molar-refractivity contribution in [1.82, 2.24) is 4.90 Å². The summed E-state index contributed by atoms with van der Waals surface area (Å²) in [4.78, 5) is 38.6. The van der Waals surface area contributed by atoms with Gasteiger partial charge in [-0.2, -0.15) is 0 Å². The second-order valence-electron chi connectivity index (χ2n) is 9.28. The van der Waals surface area contributed by atoms with Crippen molar-refractivity contribution >= 4 is 23.0 Å². The van der Waals surface area contributed by atoms with Crippen molar-refractivity contribution in [3.63, 3.8) is 0 Å². The Morgan fingerprint density at radius 3 is 2.19 bits per heavy atom. The van der Waals surface area contributed by atoms with E-state index in [1.54, 1.807) is 33.2 Å². The number of benzene rings is 1. The molecule has 1 aromatic heterocycles. The summed E-state index contributed by atoms with van der Waals surface area (Å²) in [6.07, 6.45) is 0. The third-order valence-electron chi connectivity index (χ3n) is 5.38. The van der Waals surface area contributed by atoms with Gasteiger partial charge in [0.25, 0.3) is 16.8 Å². The normalized spacial score (nSPS) is 12.6. The molecule has 0 saturated heterocycles. The Bertz CT molecular complexity index is 1240. The van der Waals surface area contributed by atoms with Crippen molar-refractivity contribution in [3.8, 4) is 5.75 Å². The number of carbonyl (C=O) groups excluding carboxylic acids is 1. The van der Waals surface area contributed by atoms with Gasteiger partial charge in [-0.15, -0.1) is 0 Å². The van der Waals surface area contributed by atoms with E-state index in [4.69, 9.17) is 4.42 Å². The molecule has 0 bridgehead atoms. The number of hydrogen-bond acceptors (Lipinski definition) is 7. The van der Waals surface area contributed by atoms with Gasteiger partial charge in [-0.1, -0.05) is 26.8 Å². The highest BCUT2D eigenvalue weighted by Crippen LogP contribution is 2.39. The van der Waals surface area contributed by atoms with E-state index in [2.05, 4.69) is 10.6 Å². The lowest BCUT2D eigenvalue weighted by atomic mass is 9.85. The van der Waals surface area contributed by atoms with E-state index in [-0.39, 0.29) is 45.7 Å². The molecule has 0 radical (unpaired) electrons. The lowest BCUT2D eigenvalue weighted by Crippen LogP contribution is -2.39. The summed E-state index contributed by atoms with van der Waals surface area (Å²) in [5.74, 6) is 0.734. The van der Waals surface area contributed by atoms with Crippen LogP contribution in [0.15, 0.2) is 38.3 Å². The Morgan fingerprint density at radius 2 is 1.66 bits per heavy atom. The van der Waals surface area contributed by atoms with E-state index < -0.39 is 10.9 Å². The van der Waals surface area contributed by atoms with Gasteiger partial charge >= 0.3 is 0 Å². The summed E-state index contributed by atoms with van der Waals surface area (Å²) in [6.45, 7) is 9.52. The Balaban J connectivity index is 1.99. The van der Waals surface area contributed by atoms with Crippen molar-refractivity contribution < 1.29 is 14.3 Å². The fourth-order valence-electron chi connectivity index (χ4n) is 3.54. The maximum absolute atomic E-state index is 12.5. The van der Waals surface area contributed by atoms with Crippen molar-refractivity contribution in [2.75, 3.05) is 24.7 Å². The first-order chi connectivity index (χ1) is 14.8. The van der Waals surface area contributed by atoms with Crippen LogP contribution in [0.5, 0.6) is 5.75 Å². The maximum atomic E-state index is 12.5. The van der Waals surface area contributed by atoms with Crippen LogP contribution in [0.1, 0.15) is 54.3 Å². The molecule has 3 aromatic rings. The summed E-state index contributed by atoms with van der Waals surface area (Å²) in [6, 6.07) is 6.53. The fourth-order valence-corrected chi connectivity index (χ4v) is 3.54. The lowest BCUT2D eigenvalue weighted by molar-refractivity contribution is 0.0824. The van der Waals surface area contributed by atoms with Gasteiger partial charge in [-0.05, 0) is 43.0 Å². The molecular formula is C24H29N3O5. The van der Waals surface area contributed by atoms with E-state index >= 15 is 0 Å². The molecule has 0 spiro atoms. The molecule has 0 aliphatic rings. The highest BCUT2D eigenvalue weighted by atomic mass is 16.3. The summed E-state index contributed by atoms with van der Waals surface area (Å²) in [7, 11) is 3.17. The first kappa shape index (κ1) is 23.1. The number of phenolic OH excluding ortho intramolecular Hbond substituents is 1. The molecule has 1 atom stereocenters. The van der Waals surface area contributed by atoms with E-state index in [1.165, 1.54) is 4.90 Å². The van der Waals surface area contributed by atoms with E-state index in [1.807, 2.05) is 39.8 Å². The zero-order valence-corrected chi connectivity index (χ0v) is 19.4. The standard InChI is InChI=1S/C24H29N3O5/c1-12-8-10-14(19(28)16(12)23(31)27(6)7)25-17-18(21(30)20(17)29)26-22(24(3,4)5)15-11-9-13(2)32-15/h8-11,22,25-26,28H,1-7H3. The molecule has 32 heavy (non-hydrogen) atoms. The van der Waals surface area contributed by atoms with Crippen LogP contribution < -0.4 is 21.5 Å². The molecule has 2 aromatic carbocycles. The van der Waals surface area contributed by atoms with Crippen LogP contribution >= 0.6 is 0 Å². The number of aryl methyl sites for hydroxylation is 2. The molecule has 1 unspecified atom stereocenters. The SMILES string of the molecule is Cc1ccc(C(Nc2c(Nc3ccc(C)c(C(=O)N(C)C)c3O)c(=O)c2=O)C(C)(C)C)o1. The van der Waals surface area contributed by atoms with Crippen molar-refractivity contribution in [1.29, 1.82) is 0 Å². The maximum Gasteiger partial charge on any atom is 0.257 e. The van der Waals surface area contributed by atoms with Crippen LogP contribution in [0, 0.1) is 19.3 Å². The summed E-state index contributed by atoms with van der Waals surface area (Å²) in [5.41, 5.74) is -0.643. The van der Waals surface area contributed by atoms with Gasteiger partial charge in [0.2, 0.25) is 0 Å². The lowest BCUT2D eigenvalue weighted by Gasteiger charge is -2.31. The molecule has 8 nitrogen and oxygen atoms in total. The molecule has 170 valence electrons. The quantitative estimate of drug-likeness (QED) is 0.395. The van der Waals surface area contributed by atoms with Gasteiger partial charge < -0.3 is 25.1 Å². The van der Waals surface area contributed by atoms with Gasteiger partial charge in [0.1, 0.15) is 22.9 Å². The largest absolute Gasteiger partial charge is 0.505 e. The Morgan fingerprint density at radius 1 is 1.03 bits per heavy atom. The average molecular weight is 440 g/mol. The first-order valence-corrected chi connectivity index (χ1v) is 10.3. The zero-order chi connectivity index (χ0) is 24.0. The number of furan rings is 1. The van der Waals surface area contributed by atoms with Gasteiger partial charge in [0.05, 0.1) is 17.3 Å². The highest BCUT2D eigenvalue weighted by Gasteiger charge is 2.33. The second-order valence-corrected chi connectivity index (χ2v) is 9.28. The Hall–Kier alpha value is -3.55. The van der Waals surface area contributed by atoms with E-state index in [0.29, 0.717) is 11.3 Å². The Kier molecular flexibility index (Phi) is 5.91. The van der Waals surface area contributed by atoms with Crippen LogP contribution in [0.4, 0.5) is 17.1 Å². The first-order valence-electron chi connectivity index (χ1n) is 10.3. The third-order valence-corrected chi connectivity index (χ3v) is 5.38. The topological polar surface area (TPSA) is 112 Å². The van der Waals surface area contributed by atoms with E-state index in [0.717, 1.165) is 5.76 Å². The molecule has 0 saturated carbocycles. The number of phenols is 1. The van der Waals surface area contributed by atoms with Gasteiger partial charge in [0, 0.05) is 14.1 Å². The van der Waals surface area contributed by atoms with Crippen molar-refractivity contribution in [2.24, 2.45) is 5.41 Å². The van der Waals surface area contributed by atoms with E-state index in [9.17, 15) is 19.5 Å². The molecule has 0 aliphatic heterocycles. The van der Waals surface area contributed by atoms with Crippen LogP contribution in [0.25, 0.3) is 0 Å². The molecule has 0 aliphatic carbocycles. The number of aromatic hydroxyl groups is 1. The number of rotatable bonds is 6. The van der Waals surface area contributed by atoms with Crippen LogP contribution in [0.3, 0.4) is 0 Å². The minimum Gasteiger partial charge on any atom is -0.505 e. The molecule has 3 rings (SSSR count). The van der Waals surface area contributed by atoms with Crippen LogP contribution in [0.2, 0.25) is 0 Å². The predicted octanol–water partition coefficient (Wildman–Crippen LogP) is 3.84. The smallest absolute Gasteiger partial charge is 0.257 e. The van der Waals surface area contributed by atoms with Crippen LogP contribution in [-0.4, -0.2) is 30.0 Å². The molecule has 1 heterocycles. The number of carbonyl (C=O) groups is 1. The van der Waals surface area contributed by atoms with Crippen molar-refractivity contribution in [2.45, 2.75) is 40.7 Å². The third kappa shape index (κ3) is 4.12. The number of hydrogen-bond donors (Lipinski definition) is 3. The Labute approximate surface area is 186 Å². The van der Waals surface area contributed by atoms with Crippen molar-refractivity contribution in [3.05, 3.63) is 67.4 Å². The average Bonchev–Trinajstić information content (AvgIpc) is 3.12. The minimum atomic E-state index is -0.698. The highest BCUT2D eigenvalue weighted by molar-refractivity contribution is 6.00. The number of nitrogens with zero attached hydrogens (tertiary/aromatic N) is 1. The number of amides is 1. The summed E-state index contributed by atoms with van der Waals surface area (Å²) < 4.78 is 5.77. The monoisotopic (exact) mass is 439 g/mol. The van der Waals surface area contributed by atoms with Gasteiger partial charge in [0.15, 0.2) is 5.75 Å². The minimum absolute atomic E-state index is 0.0370. The fraction of sp³-hybridized carbons (Fsp3) is 0.375. The number of nitrogens with one attached hydrogen (secondary N) is 2. The zero-order valence-electron chi connectivity index (χ0n) is 19.4. The molecular weight excluding hydrogens is 410 g/mol. The van der Waals surface area contributed by atoms with Gasteiger partial charge in [-0.25, -0.2) is 0 Å². The molecule has 0 fully saturated rings. The van der Waals surface area contributed by atoms with Crippen LogP contribution in [-0.2, 0) is 0 Å². The van der Waals surface area contributed by atoms with Gasteiger partial charge in [-0.3, -0.25) is 14.4 Å². The second kappa shape index (κ2) is 8.18. The number of anilines is 3. The molecule has 3 N–H and O–H groups in total. The molecule has 1 amide bonds. The molecule has 8 heteroatoms. The summed E-state index contributed by atoms with van der Waals surface area (Å²) >= 11 is 0. The predicted molar refractivity (Wildman–Crippen MR) is 125 cm³/mol.